The van der Waals surface area contributed by atoms with Gasteiger partial charge in [-0.25, -0.2) is 0 Å². The monoisotopic (exact) mass is 342 g/mol. The number of rotatable bonds is 3. The summed E-state index contributed by atoms with van der Waals surface area (Å²) in [6.45, 7) is 1.80. The van der Waals surface area contributed by atoms with E-state index in [0.29, 0.717) is 17.5 Å². The third-order valence-corrected chi connectivity index (χ3v) is 5.84. The number of benzene rings is 1. The normalized spacial score (nSPS) is 19.0. The molecule has 0 bridgehead atoms. The van der Waals surface area contributed by atoms with Gasteiger partial charge in [-0.3, -0.25) is 9.69 Å². The van der Waals surface area contributed by atoms with Gasteiger partial charge in [0.05, 0.1) is 19.7 Å². The number of fused-ring (bicyclic) bond motifs is 3. The molecule has 0 amide bonds. The first-order chi connectivity index (χ1) is 12.2. The van der Waals surface area contributed by atoms with Crippen molar-refractivity contribution >= 4 is 10.9 Å². The smallest absolute Gasteiger partial charge is 0.253 e. The van der Waals surface area contributed by atoms with Crippen molar-refractivity contribution in [2.24, 2.45) is 0 Å². The molecule has 1 fully saturated rings. The minimum absolute atomic E-state index is 0.0372. The molecule has 5 nitrogen and oxygen atoms in total. The Kier molecular flexibility index (Phi) is 4.42. The Morgan fingerprint density at radius 1 is 1.04 bits per heavy atom. The molecule has 2 aliphatic rings. The van der Waals surface area contributed by atoms with Crippen molar-refractivity contribution in [3.8, 4) is 11.5 Å². The maximum absolute atomic E-state index is 12.7. The van der Waals surface area contributed by atoms with Crippen molar-refractivity contribution < 1.29 is 9.47 Å². The van der Waals surface area contributed by atoms with E-state index in [4.69, 9.17) is 9.47 Å². The fourth-order valence-corrected chi connectivity index (χ4v) is 4.48. The van der Waals surface area contributed by atoms with Crippen LogP contribution >= 0.6 is 0 Å². The Bertz CT molecular complexity index is 837. The van der Waals surface area contributed by atoms with Crippen LogP contribution in [-0.4, -0.2) is 36.7 Å². The highest BCUT2D eigenvalue weighted by Gasteiger charge is 2.28. The van der Waals surface area contributed by atoms with Crippen LogP contribution in [0, 0.1) is 0 Å². The van der Waals surface area contributed by atoms with Crippen molar-refractivity contribution in [3.63, 3.8) is 0 Å². The van der Waals surface area contributed by atoms with Crippen LogP contribution in [-0.2, 0) is 13.0 Å². The van der Waals surface area contributed by atoms with Crippen LogP contribution in [0.1, 0.15) is 43.2 Å². The van der Waals surface area contributed by atoms with E-state index in [1.54, 1.807) is 14.2 Å². The number of hydrogen-bond acceptors (Lipinski definition) is 4. The zero-order chi connectivity index (χ0) is 17.4. The molecule has 0 saturated heterocycles. The Morgan fingerprint density at radius 3 is 2.48 bits per heavy atom. The SMILES string of the molecule is COc1cc2[nH]c(=O)c3c(c2cc1OC)CCN(C1CCCCC1)C3. The van der Waals surface area contributed by atoms with Crippen LogP contribution in [0.3, 0.4) is 0 Å². The molecule has 0 unspecified atom stereocenters. The topological polar surface area (TPSA) is 54.6 Å². The van der Waals surface area contributed by atoms with Crippen LogP contribution < -0.4 is 15.0 Å². The summed E-state index contributed by atoms with van der Waals surface area (Å²) in [6, 6.07) is 4.50. The van der Waals surface area contributed by atoms with Gasteiger partial charge < -0.3 is 14.5 Å². The van der Waals surface area contributed by atoms with Gasteiger partial charge in [-0.1, -0.05) is 19.3 Å². The summed E-state index contributed by atoms with van der Waals surface area (Å²) >= 11 is 0. The summed E-state index contributed by atoms with van der Waals surface area (Å²) in [5, 5.41) is 1.08. The van der Waals surface area contributed by atoms with E-state index in [0.717, 1.165) is 36.0 Å². The zero-order valence-corrected chi connectivity index (χ0v) is 15.1. The molecule has 134 valence electrons. The van der Waals surface area contributed by atoms with Crippen molar-refractivity contribution in [2.45, 2.75) is 51.1 Å². The van der Waals surface area contributed by atoms with Crippen LogP contribution in [0.4, 0.5) is 0 Å². The Balaban J connectivity index is 1.75. The average molecular weight is 342 g/mol. The maximum atomic E-state index is 12.7. The first-order valence-electron chi connectivity index (χ1n) is 9.25. The van der Waals surface area contributed by atoms with Crippen molar-refractivity contribution in [1.82, 2.24) is 9.88 Å². The standard InChI is InChI=1S/C20H26N2O3/c1-24-18-10-15-14-8-9-22(13-6-4-3-5-7-13)12-16(14)20(23)21-17(15)11-19(18)25-2/h10-11,13H,3-9,12H2,1-2H3,(H,21,23). The maximum Gasteiger partial charge on any atom is 0.253 e. The summed E-state index contributed by atoms with van der Waals surface area (Å²) in [5.41, 5.74) is 2.96. The van der Waals surface area contributed by atoms with Crippen LogP contribution in [0.5, 0.6) is 11.5 Å². The van der Waals surface area contributed by atoms with Gasteiger partial charge in [-0.15, -0.1) is 0 Å². The number of methoxy groups -OCH3 is 2. The van der Waals surface area contributed by atoms with E-state index in [2.05, 4.69) is 9.88 Å². The Hall–Kier alpha value is -2.01. The Labute approximate surface area is 147 Å². The summed E-state index contributed by atoms with van der Waals surface area (Å²) in [4.78, 5) is 18.3. The minimum atomic E-state index is 0.0372. The van der Waals surface area contributed by atoms with E-state index in [-0.39, 0.29) is 5.56 Å². The molecule has 0 atom stereocenters. The number of ether oxygens (including phenoxy) is 2. The first kappa shape index (κ1) is 16.5. The van der Waals surface area contributed by atoms with E-state index in [1.165, 1.54) is 37.7 Å². The third-order valence-electron chi connectivity index (χ3n) is 5.84. The molecule has 0 spiro atoms. The van der Waals surface area contributed by atoms with Crippen molar-refractivity contribution in [3.05, 3.63) is 33.6 Å². The summed E-state index contributed by atoms with van der Waals surface area (Å²) in [7, 11) is 3.26. The van der Waals surface area contributed by atoms with Gasteiger partial charge in [0, 0.05) is 36.1 Å². The number of aromatic nitrogens is 1. The van der Waals surface area contributed by atoms with E-state index in [1.807, 2.05) is 12.1 Å². The fourth-order valence-electron chi connectivity index (χ4n) is 4.48. The third kappa shape index (κ3) is 2.91. The average Bonchev–Trinajstić information content (AvgIpc) is 2.67. The number of nitrogens with zero attached hydrogens (tertiary/aromatic N) is 1. The lowest BCUT2D eigenvalue weighted by molar-refractivity contribution is 0.141. The molecule has 1 aliphatic carbocycles. The number of H-pyrrole nitrogens is 1. The molecule has 1 aliphatic heterocycles. The highest BCUT2D eigenvalue weighted by molar-refractivity contribution is 5.86. The van der Waals surface area contributed by atoms with Crippen LogP contribution in [0.25, 0.3) is 10.9 Å². The Morgan fingerprint density at radius 2 is 1.76 bits per heavy atom. The van der Waals surface area contributed by atoms with Gasteiger partial charge in [-0.2, -0.15) is 0 Å². The quantitative estimate of drug-likeness (QED) is 0.930. The van der Waals surface area contributed by atoms with Crippen LogP contribution in [0.2, 0.25) is 0 Å². The molecule has 2 aromatic rings. The van der Waals surface area contributed by atoms with Gasteiger partial charge >= 0.3 is 0 Å². The second-order valence-electron chi connectivity index (χ2n) is 7.18. The number of pyridine rings is 1. The molecule has 1 aromatic carbocycles. The lowest BCUT2D eigenvalue weighted by Gasteiger charge is -2.37. The molecule has 1 saturated carbocycles. The van der Waals surface area contributed by atoms with Crippen molar-refractivity contribution in [1.29, 1.82) is 0 Å². The lowest BCUT2D eigenvalue weighted by Crippen LogP contribution is -2.42. The molecular formula is C20H26N2O3. The minimum Gasteiger partial charge on any atom is -0.493 e. The second-order valence-corrected chi connectivity index (χ2v) is 7.18. The molecule has 5 heteroatoms. The highest BCUT2D eigenvalue weighted by atomic mass is 16.5. The van der Waals surface area contributed by atoms with Gasteiger partial charge in [0.15, 0.2) is 11.5 Å². The molecular weight excluding hydrogens is 316 g/mol. The lowest BCUT2D eigenvalue weighted by atomic mass is 9.90. The van der Waals surface area contributed by atoms with E-state index < -0.39 is 0 Å². The summed E-state index contributed by atoms with van der Waals surface area (Å²) in [5.74, 6) is 1.35. The van der Waals surface area contributed by atoms with Crippen molar-refractivity contribution in [2.75, 3.05) is 20.8 Å². The van der Waals surface area contributed by atoms with Gasteiger partial charge in [0.25, 0.3) is 5.56 Å². The first-order valence-corrected chi connectivity index (χ1v) is 9.25. The van der Waals surface area contributed by atoms with Gasteiger partial charge in [0.1, 0.15) is 0 Å². The number of nitrogens with one attached hydrogen (secondary N) is 1. The molecule has 1 aromatic heterocycles. The predicted molar refractivity (Wildman–Crippen MR) is 98.7 cm³/mol. The predicted octanol–water partition coefficient (Wildman–Crippen LogP) is 3.24. The zero-order valence-electron chi connectivity index (χ0n) is 15.1. The molecule has 1 N–H and O–H groups in total. The fraction of sp³-hybridized carbons (Fsp3) is 0.550. The molecule has 25 heavy (non-hydrogen) atoms. The molecule has 0 radical (unpaired) electrons. The van der Waals surface area contributed by atoms with E-state index in [9.17, 15) is 4.79 Å². The van der Waals surface area contributed by atoms with Gasteiger partial charge in [-0.05, 0) is 30.9 Å². The largest absolute Gasteiger partial charge is 0.493 e. The summed E-state index contributed by atoms with van der Waals surface area (Å²) < 4.78 is 10.8. The number of hydrogen-bond donors (Lipinski definition) is 1. The van der Waals surface area contributed by atoms with Gasteiger partial charge in [0.2, 0.25) is 0 Å². The van der Waals surface area contributed by atoms with E-state index >= 15 is 0 Å². The van der Waals surface area contributed by atoms with Crippen LogP contribution in [0.15, 0.2) is 16.9 Å². The molecule has 4 rings (SSSR count). The number of aromatic amines is 1. The second kappa shape index (κ2) is 6.71. The highest BCUT2D eigenvalue weighted by Crippen LogP contribution is 2.35. The molecule has 2 heterocycles. The summed E-state index contributed by atoms with van der Waals surface area (Å²) in [6.07, 6.45) is 7.45.